The predicted octanol–water partition coefficient (Wildman–Crippen LogP) is 2.47. The summed E-state index contributed by atoms with van der Waals surface area (Å²) in [4.78, 5) is 16.8. The van der Waals surface area contributed by atoms with Crippen molar-refractivity contribution in [3.63, 3.8) is 0 Å². The molecule has 0 aliphatic carbocycles. The number of hydrogen-bond acceptors (Lipinski definition) is 6. The molecule has 2 aromatic heterocycles. The molecule has 0 spiro atoms. The monoisotopic (exact) mass is 355 g/mol. The van der Waals surface area contributed by atoms with Crippen LogP contribution < -0.4 is 10.2 Å². The van der Waals surface area contributed by atoms with Crippen molar-refractivity contribution in [2.75, 3.05) is 18.0 Å². The van der Waals surface area contributed by atoms with Crippen LogP contribution >= 0.6 is 11.3 Å². The first-order valence-corrected chi connectivity index (χ1v) is 9.23. The molecule has 6 nitrogen and oxygen atoms in total. The van der Waals surface area contributed by atoms with Gasteiger partial charge < -0.3 is 10.2 Å². The minimum atomic E-state index is 0.0647. The van der Waals surface area contributed by atoms with Gasteiger partial charge in [0.2, 0.25) is 5.91 Å². The fourth-order valence-corrected chi connectivity index (χ4v) is 3.89. The van der Waals surface area contributed by atoms with Crippen LogP contribution in [-0.2, 0) is 11.2 Å². The van der Waals surface area contributed by atoms with Gasteiger partial charge in [0, 0.05) is 28.9 Å². The molecule has 130 valence electrons. The molecule has 1 saturated heterocycles. The number of nitrogens with zero attached hydrogens (tertiary/aromatic N) is 4. The first-order valence-electron chi connectivity index (χ1n) is 8.42. The Morgan fingerprint density at radius 1 is 1.40 bits per heavy atom. The minimum Gasteiger partial charge on any atom is -0.353 e. The third-order valence-corrected chi connectivity index (χ3v) is 5.61. The van der Waals surface area contributed by atoms with Crippen molar-refractivity contribution in [2.24, 2.45) is 0 Å². The van der Waals surface area contributed by atoms with Crippen molar-refractivity contribution < 1.29 is 4.79 Å². The van der Waals surface area contributed by atoms with Gasteiger partial charge in [-0.05, 0) is 36.6 Å². The number of nitrogens with one attached hydrogen (secondary N) is 1. The lowest BCUT2D eigenvalue weighted by molar-refractivity contribution is -0.120. The Hall–Kier alpha value is -2.46. The van der Waals surface area contributed by atoms with Crippen LogP contribution in [0.4, 0.5) is 5.82 Å². The van der Waals surface area contributed by atoms with Crippen molar-refractivity contribution in [3.8, 4) is 6.07 Å². The van der Waals surface area contributed by atoms with E-state index in [-0.39, 0.29) is 11.9 Å². The Morgan fingerprint density at radius 2 is 2.24 bits per heavy atom. The predicted molar refractivity (Wildman–Crippen MR) is 97.6 cm³/mol. The molecule has 3 heterocycles. The van der Waals surface area contributed by atoms with E-state index in [4.69, 9.17) is 5.26 Å². The average Bonchev–Trinajstić information content (AvgIpc) is 3.24. The van der Waals surface area contributed by atoms with E-state index in [2.05, 4.69) is 40.3 Å². The number of carbonyl (C=O) groups excluding carboxylic acids is 1. The van der Waals surface area contributed by atoms with E-state index in [1.165, 1.54) is 4.88 Å². The Kier molecular flexibility index (Phi) is 5.29. The Morgan fingerprint density at radius 3 is 2.88 bits per heavy atom. The summed E-state index contributed by atoms with van der Waals surface area (Å²) in [5, 5.41) is 19.8. The topological polar surface area (TPSA) is 81.9 Å². The standard InChI is InChI=1S/C18H21N5OS/c1-12(2)16-5-4-15(25-16)9-18(24)20-14-7-8-23(11-14)17-6-3-13(10-19)21-22-17/h3-6,12,14H,7-9,11H2,1-2H3,(H,20,24)/t14-/m1/s1. The summed E-state index contributed by atoms with van der Waals surface area (Å²) in [6, 6.07) is 9.71. The van der Waals surface area contributed by atoms with Gasteiger partial charge in [-0.2, -0.15) is 5.26 Å². The smallest absolute Gasteiger partial charge is 0.225 e. The molecule has 1 N–H and O–H groups in total. The Balaban J connectivity index is 1.51. The van der Waals surface area contributed by atoms with Gasteiger partial charge in [0.15, 0.2) is 11.5 Å². The molecule has 0 unspecified atom stereocenters. The number of carbonyl (C=O) groups is 1. The lowest BCUT2D eigenvalue weighted by atomic mass is 10.2. The number of rotatable bonds is 5. The van der Waals surface area contributed by atoms with Crippen LogP contribution in [0.25, 0.3) is 0 Å². The maximum Gasteiger partial charge on any atom is 0.225 e. The van der Waals surface area contributed by atoms with E-state index in [1.54, 1.807) is 23.5 Å². The van der Waals surface area contributed by atoms with E-state index in [0.717, 1.165) is 23.7 Å². The van der Waals surface area contributed by atoms with Crippen molar-refractivity contribution >= 4 is 23.1 Å². The number of nitriles is 1. The number of aromatic nitrogens is 2. The molecule has 25 heavy (non-hydrogen) atoms. The van der Waals surface area contributed by atoms with Gasteiger partial charge >= 0.3 is 0 Å². The summed E-state index contributed by atoms with van der Waals surface area (Å²) in [7, 11) is 0. The van der Waals surface area contributed by atoms with Gasteiger partial charge in [-0.15, -0.1) is 21.5 Å². The highest BCUT2D eigenvalue weighted by Gasteiger charge is 2.25. The van der Waals surface area contributed by atoms with Crippen LogP contribution in [0.2, 0.25) is 0 Å². The lowest BCUT2D eigenvalue weighted by Gasteiger charge is -2.17. The molecular formula is C18H21N5OS. The Bertz CT molecular complexity index is 778. The summed E-state index contributed by atoms with van der Waals surface area (Å²) >= 11 is 1.71. The zero-order chi connectivity index (χ0) is 17.8. The molecule has 3 rings (SSSR count). The number of thiophene rings is 1. The second kappa shape index (κ2) is 7.62. The summed E-state index contributed by atoms with van der Waals surface area (Å²) in [5.41, 5.74) is 0.310. The van der Waals surface area contributed by atoms with Crippen molar-refractivity contribution in [3.05, 3.63) is 39.7 Å². The quantitative estimate of drug-likeness (QED) is 0.891. The molecule has 2 aromatic rings. The van der Waals surface area contributed by atoms with Gasteiger partial charge in [-0.1, -0.05) is 13.8 Å². The minimum absolute atomic E-state index is 0.0647. The number of anilines is 1. The third kappa shape index (κ3) is 4.34. The molecule has 0 aromatic carbocycles. The van der Waals surface area contributed by atoms with Crippen molar-refractivity contribution in [1.29, 1.82) is 5.26 Å². The van der Waals surface area contributed by atoms with Crippen LogP contribution in [0.5, 0.6) is 0 Å². The van der Waals surface area contributed by atoms with Crippen LogP contribution in [0, 0.1) is 11.3 Å². The van der Waals surface area contributed by atoms with Gasteiger partial charge in [0.05, 0.1) is 6.42 Å². The van der Waals surface area contributed by atoms with E-state index < -0.39 is 0 Å². The summed E-state index contributed by atoms with van der Waals surface area (Å²) in [5.74, 6) is 1.31. The van der Waals surface area contributed by atoms with Crippen LogP contribution in [0.1, 0.15) is 41.6 Å². The summed E-state index contributed by atoms with van der Waals surface area (Å²) in [6.45, 7) is 5.86. The zero-order valence-electron chi connectivity index (χ0n) is 14.4. The largest absolute Gasteiger partial charge is 0.353 e. The highest BCUT2D eigenvalue weighted by Crippen LogP contribution is 2.24. The normalized spacial score (nSPS) is 16.9. The highest BCUT2D eigenvalue weighted by atomic mass is 32.1. The maximum absolute atomic E-state index is 12.3. The van der Waals surface area contributed by atoms with Gasteiger partial charge in [-0.25, -0.2) is 0 Å². The molecule has 1 fully saturated rings. The highest BCUT2D eigenvalue weighted by molar-refractivity contribution is 7.12. The number of hydrogen-bond donors (Lipinski definition) is 1. The van der Waals surface area contributed by atoms with Gasteiger partial charge in [-0.3, -0.25) is 4.79 Å². The summed E-state index contributed by atoms with van der Waals surface area (Å²) in [6.07, 6.45) is 1.32. The van der Waals surface area contributed by atoms with Crippen LogP contribution in [0.3, 0.4) is 0 Å². The molecule has 0 saturated carbocycles. The first kappa shape index (κ1) is 17.4. The van der Waals surface area contributed by atoms with Gasteiger partial charge in [0.1, 0.15) is 6.07 Å². The Labute approximate surface area is 151 Å². The second-order valence-electron chi connectivity index (χ2n) is 6.52. The first-order chi connectivity index (χ1) is 12.0. The SMILES string of the molecule is CC(C)c1ccc(CC(=O)N[C@@H]2CCN(c3ccc(C#N)nn3)C2)s1. The molecule has 1 aliphatic heterocycles. The van der Waals surface area contributed by atoms with Crippen molar-refractivity contribution in [1.82, 2.24) is 15.5 Å². The molecule has 0 bridgehead atoms. The number of amides is 1. The second-order valence-corrected chi connectivity index (χ2v) is 7.72. The van der Waals surface area contributed by atoms with E-state index in [9.17, 15) is 4.79 Å². The van der Waals surface area contributed by atoms with Crippen LogP contribution in [-0.4, -0.2) is 35.2 Å². The average molecular weight is 355 g/mol. The molecule has 1 amide bonds. The lowest BCUT2D eigenvalue weighted by Crippen LogP contribution is -2.38. The fraction of sp³-hybridized carbons (Fsp3) is 0.444. The van der Waals surface area contributed by atoms with Crippen molar-refractivity contribution in [2.45, 2.75) is 38.6 Å². The van der Waals surface area contributed by atoms with Gasteiger partial charge in [0.25, 0.3) is 0 Å². The zero-order valence-corrected chi connectivity index (χ0v) is 15.2. The molecule has 1 aliphatic rings. The molecular weight excluding hydrogens is 334 g/mol. The molecule has 7 heteroatoms. The molecule has 1 atom stereocenters. The van der Waals surface area contributed by atoms with E-state index >= 15 is 0 Å². The molecule has 0 radical (unpaired) electrons. The van der Waals surface area contributed by atoms with E-state index in [0.29, 0.717) is 24.6 Å². The van der Waals surface area contributed by atoms with Crippen LogP contribution in [0.15, 0.2) is 24.3 Å². The summed E-state index contributed by atoms with van der Waals surface area (Å²) < 4.78 is 0. The maximum atomic E-state index is 12.3. The van der Waals surface area contributed by atoms with E-state index in [1.807, 2.05) is 12.1 Å². The third-order valence-electron chi connectivity index (χ3n) is 4.23. The fourth-order valence-electron chi connectivity index (χ4n) is 2.88.